The fourth-order valence-corrected chi connectivity index (χ4v) is 5.14. The average molecular weight is 483 g/mol. The summed E-state index contributed by atoms with van der Waals surface area (Å²) < 4.78 is 0. The number of pyridine rings is 1. The summed E-state index contributed by atoms with van der Waals surface area (Å²) in [6, 6.07) is 13.7. The van der Waals surface area contributed by atoms with E-state index in [0.29, 0.717) is 29.4 Å². The molecule has 184 valence electrons. The molecule has 1 N–H and O–H groups in total. The fraction of sp³-hybridized carbons (Fsp3) is 0.357. The first-order valence-electron chi connectivity index (χ1n) is 12.6. The van der Waals surface area contributed by atoms with E-state index in [1.165, 1.54) is 23.3 Å². The summed E-state index contributed by atoms with van der Waals surface area (Å²) in [6.45, 7) is 4.18. The van der Waals surface area contributed by atoms with Crippen LogP contribution in [0, 0.1) is 11.3 Å². The third kappa shape index (κ3) is 5.10. The number of carbonyl (C=O) groups is 2. The molecular formula is C28H30N6O2. The van der Waals surface area contributed by atoms with Crippen LogP contribution in [0.1, 0.15) is 53.1 Å². The maximum Gasteiger partial charge on any atom is 0.258 e. The Balaban J connectivity index is 1.22. The summed E-state index contributed by atoms with van der Waals surface area (Å²) >= 11 is 0. The predicted octanol–water partition coefficient (Wildman–Crippen LogP) is 3.36. The van der Waals surface area contributed by atoms with Crippen LogP contribution < -0.4 is 10.2 Å². The number of hydrogen-bond donors (Lipinski definition) is 1. The molecule has 5 rings (SSSR count). The minimum absolute atomic E-state index is 0.283. The zero-order valence-corrected chi connectivity index (χ0v) is 20.3. The van der Waals surface area contributed by atoms with Crippen LogP contribution in [0.15, 0.2) is 66.3 Å². The highest BCUT2D eigenvalue weighted by atomic mass is 16.2. The van der Waals surface area contributed by atoms with Crippen LogP contribution in [-0.2, 0) is 4.79 Å². The van der Waals surface area contributed by atoms with Gasteiger partial charge in [0.05, 0.1) is 17.2 Å². The topological polar surface area (TPSA) is 92.6 Å². The first-order valence-corrected chi connectivity index (χ1v) is 12.6. The van der Waals surface area contributed by atoms with Gasteiger partial charge in [0.15, 0.2) is 0 Å². The monoisotopic (exact) mass is 482 g/mol. The molecule has 0 aliphatic carbocycles. The fourth-order valence-electron chi connectivity index (χ4n) is 5.14. The van der Waals surface area contributed by atoms with Crippen molar-refractivity contribution in [3.05, 3.63) is 83.0 Å². The lowest BCUT2D eigenvalue weighted by Gasteiger charge is -2.36. The number of nitrogens with zero attached hydrogens (tertiary/aromatic N) is 5. The first-order chi connectivity index (χ1) is 17.6. The van der Waals surface area contributed by atoms with Crippen LogP contribution in [-0.4, -0.2) is 59.8 Å². The molecule has 8 heteroatoms. The maximum absolute atomic E-state index is 12.9. The Hall–Kier alpha value is -4.12. The summed E-state index contributed by atoms with van der Waals surface area (Å²) in [6.07, 6.45) is 10.6. The number of allylic oxidation sites excluding steroid dienone is 1. The summed E-state index contributed by atoms with van der Waals surface area (Å²) in [4.78, 5) is 35.1. The molecule has 4 heterocycles. The van der Waals surface area contributed by atoms with Crippen LogP contribution in [0.25, 0.3) is 0 Å². The van der Waals surface area contributed by atoms with Gasteiger partial charge in [-0.1, -0.05) is 12.1 Å². The smallest absolute Gasteiger partial charge is 0.258 e. The zero-order valence-electron chi connectivity index (χ0n) is 20.3. The number of nitrogens with one attached hydrogen (secondary N) is 1. The minimum atomic E-state index is -0.283. The van der Waals surface area contributed by atoms with Gasteiger partial charge in [0.1, 0.15) is 11.6 Å². The molecule has 8 nitrogen and oxygen atoms in total. The lowest BCUT2D eigenvalue weighted by atomic mass is 9.88. The van der Waals surface area contributed by atoms with E-state index in [2.05, 4.69) is 38.3 Å². The summed E-state index contributed by atoms with van der Waals surface area (Å²) in [5.41, 5.74) is 3.43. The molecule has 0 unspecified atom stereocenters. The molecule has 0 saturated carbocycles. The summed E-state index contributed by atoms with van der Waals surface area (Å²) in [5.74, 6) is 1.55. The van der Waals surface area contributed by atoms with Crippen molar-refractivity contribution in [2.75, 3.05) is 37.6 Å². The Morgan fingerprint density at radius 1 is 1.03 bits per heavy atom. The molecule has 2 saturated heterocycles. The van der Waals surface area contributed by atoms with E-state index in [0.717, 1.165) is 56.9 Å². The lowest BCUT2D eigenvalue weighted by molar-refractivity contribution is -0.116. The van der Waals surface area contributed by atoms with Crippen LogP contribution in [0.5, 0.6) is 0 Å². The first kappa shape index (κ1) is 23.6. The van der Waals surface area contributed by atoms with Gasteiger partial charge in [-0.3, -0.25) is 14.5 Å². The Labute approximate surface area is 211 Å². The molecule has 1 aromatic heterocycles. The van der Waals surface area contributed by atoms with E-state index in [1.807, 2.05) is 30.4 Å². The number of piperidine rings is 1. The second-order valence-electron chi connectivity index (χ2n) is 9.46. The Morgan fingerprint density at radius 2 is 1.78 bits per heavy atom. The van der Waals surface area contributed by atoms with Gasteiger partial charge in [-0.2, -0.15) is 5.26 Å². The molecule has 0 bridgehead atoms. The zero-order chi connectivity index (χ0) is 24.9. The largest absolute Gasteiger partial charge is 0.372 e. The lowest BCUT2D eigenvalue weighted by Crippen LogP contribution is -2.39. The van der Waals surface area contributed by atoms with Gasteiger partial charge in [0, 0.05) is 50.7 Å². The number of aromatic nitrogens is 1. The average Bonchev–Trinajstić information content (AvgIpc) is 3.48. The molecule has 3 aliphatic rings. The summed E-state index contributed by atoms with van der Waals surface area (Å²) in [7, 11) is 0. The van der Waals surface area contributed by atoms with Crippen molar-refractivity contribution in [1.29, 1.82) is 5.26 Å². The number of benzene rings is 1. The standard InChI is InChI=1S/C28H30N6O2/c29-18-21-3-5-22(6-4-21)23-9-14-32(15-10-23)25-11-16-34(20-35)27(17-25)31-28(36)24-7-8-26(30-19-24)33-12-1-2-13-33/h3-8,11,17,19-20,23H,1-2,9-10,12-16H2,(H,31,36). The van der Waals surface area contributed by atoms with Crippen molar-refractivity contribution in [1.82, 2.24) is 20.1 Å². The number of anilines is 1. The number of likely N-dealkylation sites (tertiary alicyclic amines) is 1. The predicted molar refractivity (Wildman–Crippen MR) is 137 cm³/mol. The van der Waals surface area contributed by atoms with Crippen LogP contribution in [0.2, 0.25) is 0 Å². The molecule has 36 heavy (non-hydrogen) atoms. The Morgan fingerprint density at radius 3 is 2.42 bits per heavy atom. The molecule has 2 amide bonds. The molecule has 0 radical (unpaired) electrons. The molecule has 1 aromatic carbocycles. The van der Waals surface area contributed by atoms with Crippen molar-refractivity contribution in [2.24, 2.45) is 0 Å². The third-order valence-electron chi connectivity index (χ3n) is 7.27. The van der Waals surface area contributed by atoms with Gasteiger partial charge < -0.3 is 15.1 Å². The van der Waals surface area contributed by atoms with Gasteiger partial charge in [-0.25, -0.2) is 4.98 Å². The highest BCUT2D eigenvalue weighted by molar-refractivity contribution is 5.95. The Bertz CT molecular complexity index is 1200. The minimum Gasteiger partial charge on any atom is -0.372 e. The molecule has 0 atom stereocenters. The van der Waals surface area contributed by atoms with E-state index in [9.17, 15) is 9.59 Å². The highest BCUT2D eigenvalue weighted by Crippen LogP contribution is 2.31. The van der Waals surface area contributed by atoms with Crippen molar-refractivity contribution in [2.45, 2.75) is 31.6 Å². The molecule has 2 aromatic rings. The number of hydrogen-bond acceptors (Lipinski definition) is 6. The van der Waals surface area contributed by atoms with E-state index in [-0.39, 0.29) is 5.91 Å². The highest BCUT2D eigenvalue weighted by Gasteiger charge is 2.25. The number of nitriles is 1. The van der Waals surface area contributed by atoms with Crippen LogP contribution in [0.3, 0.4) is 0 Å². The van der Waals surface area contributed by atoms with Gasteiger partial charge in [-0.05, 0) is 67.5 Å². The van der Waals surface area contributed by atoms with Crippen LogP contribution >= 0.6 is 0 Å². The normalized spacial score (nSPS) is 18.4. The van der Waals surface area contributed by atoms with Crippen LogP contribution in [0.4, 0.5) is 5.82 Å². The molecule has 3 aliphatic heterocycles. The van der Waals surface area contributed by atoms with E-state index in [1.54, 1.807) is 12.3 Å². The van der Waals surface area contributed by atoms with Crippen molar-refractivity contribution >= 4 is 18.1 Å². The second kappa shape index (κ2) is 10.6. The van der Waals surface area contributed by atoms with E-state index >= 15 is 0 Å². The van der Waals surface area contributed by atoms with Gasteiger partial charge >= 0.3 is 0 Å². The quantitative estimate of drug-likeness (QED) is 0.635. The number of rotatable bonds is 6. The van der Waals surface area contributed by atoms with Gasteiger partial charge in [-0.15, -0.1) is 0 Å². The Kier molecular flexibility index (Phi) is 6.99. The number of amides is 2. The summed E-state index contributed by atoms with van der Waals surface area (Å²) in [5, 5.41) is 11.9. The SMILES string of the molecule is N#Cc1ccc(C2CCN(C3=CCN(C=O)C(NC(=O)c4ccc(N5CCCC5)nc4)=C3)CC2)cc1. The van der Waals surface area contributed by atoms with E-state index < -0.39 is 0 Å². The maximum atomic E-state index is 12.9. The molecule has 2 fully saturated rings. The van der Waals surface area contributed by atoms with Crippen molar-refractivity contribution in [3.8, 4) is 6.07 Å². The second-order valence-corrected chi connectivity index (χ2v) is 9.46. The van der Waals surface area contributed by atoms with E-state index in [4.69, 9.17) is 5.26 Å². The van der Waals surface area contributed by atoms with Crippen molar-refractivity contribution in [3.63, 3.8) is 0 Å². The third-order valence-corrected chi connectivity index (χ3v) is 7.27. The van der Waals surface area contributed by atoms with Gasteiger partial charge in [0.2, 0.25) is 6.41 Å². The van der Waals surface area contributed by atoms with Crippen molar-refractivity contribution < 1.29 is 9.59 Å². The number of carbonyl (C=O) groups excluding carboxylic acids is 2. The molecule has 0 spiro atoms. The van der Waals surface area contributed by atoms with Gasteiger partial charge in [0.25, 0.3) is 5.91 Å². The molecular weight excluding hydrogens is 452 g/mol.